The monoisotopic (exact) mass is 452 g/mol. The second-order valence-corrected chi connectivity index (χ2v) is 7.51. The summed E-state index contributed by atoms with van der Waals surface area (Å²) in [6, 6.07) is 24.7. The predicted molar refractivity (Wildman–Crippen MR) is 128 cm³/mol. The van der Waals surface area contributed by atoms with Gasteiger partial charge in [0.1, 0.15) is 5.75 Å². The first-order valence-corrected chi connectivity index (χ1v) is 10.6. The number of rotatable bonds is 9. The van der Waals surface area contributed by atoms with Gasteiger partial charge < -0.3 is 4.74 Å². The first-order valence-electron chi connectivity index (χ1n) is 9.85. The van der Waals surface area contributed by atoms with Crippen LogP contribution in [0, 0.1) is 0 Å². The zero-order valence-corrected chi connectivity index (χ0v) is 18.3. The Bertz CT molecular complexity index is 1050. The maximum Gasteiger partial charge on any atom is 0.240 e. The van der Waals surface area contributed by atoms with Crippen molar-refractivity contribution >= 4 is 40.9 Å². The molecular weight excluding hydrogens is 431 g/mol. The molecule has 0 radical (unpaired) electrons. The average Bonchev–Trinajstić information content (AvgIpc) is 2.79. The van der Waals surface area contributed by atoms with E-state index in [1.165, 1.54) is 0 Å². The lowest BCUT2D eigenvalue weighted by atomic mass is 10.1. The summed E-state index contributed by atoms with van der Waals surface area (Å²) in [4.78, 5) is 12.2. The van der Waals surface area contributed by atoms with Gasteiger partial charge >= 0.3 is 0 Å². The highest BCUT2D eigenvalue weighted by Crippen LogP contribution is 2.27. The molecule has 0 saturated carbocycles. The van der Waals surface area contributed by atoms with Crippen LogP contribution >= 0.6 is 23.2 Å². The van der Waals surface area contributed by atoms with E-state index >= 15 is 0 Å². The Morgan fingerprint density at radius 2 is 1.68 bits per heavy atom. The molecule has 3 rings (SSSR count). The topological polar surface area (TPSA) is 50.7 Å². The molecule has 0 aliphatic heterocycles. The number of halogens is 2. The fraction of sp³-hybridized carbons (Fsp3) is 0.120. The Labute approximate surface area is 192 Å². The molecule has 0 aromatic heterocycles. The maximum atomic E-state index is 12.2. The second-order valence-electron chi connectivity index (χ2n) is 6.67. The van der Waals surface area contributed by atoms with Gasteiger partial charge in [0.15, 0.2) is 0 Å². The average molecular weight is 453 g/mol. The fourth-order valence-corrected chi connectivity index (χ4v) is 3.19. The first-order chi connectivity index (χ1) is 15.1. The van der Waals surface area contributed by atoms with E-state index in [9.17, 15) is 4.79 Å². The van der Waals surface area contributed by atoms with Crippen molar-refractivity contribution in [3.8, 4) is 5.75 Å². The number of hydrazone groups is 1. The van der Waals surface area contributed by atoms with Crippen LogP contribution in [0.1, 0.15) is 24.0 Å². The highest BCUT2D eigenvalue weighted by Gasteiger charge is 2.05. The third-order valence-corrected chi connectivity index (χ3v) is 4.83. The number of nitrogens with one attached hydrogen (secondary N) is 1. The van der Waals surface area contributed by atoms with Crippen molar-refractivity contribution in [1.82, 2.24) is 5.43 Å². The van der Waals surface area contributed by atoms with Crippen LogP contribution in [0.25, 0.3) is 6.08 Å². The van der Waals surface area contributed by atoms with Crippen molar-refractivity contribution in [2.75, 3.05) is 6.61 Å². The lowest BCUT2D eigenvalue weighted by Gasteiger charge is -2.08. The SMILES string of the molecule is O=C(CCCOc1ccc(Cl)cc1Cl)NN=C(C=Cc1ccccc1)c1ccccc1. The van der Waals surface area contributed by atoms with Gasteiger partial charge in [-0.05, 0) is 36.3 Å². The van der Waals surface area contributed by atoms with E-state index in [1.807, 2.05) is 72.8 Å². The lowest BCUT2D eigenvalue weighted by molar-refractivity contribution is -0.121. The van der Waals surface area contributed by atoms with Gasteiger partial charge in [-0.1, -0.05) is 89.9 Å². The molecule has 0 aliphatic rings. The molecule has 3 aromatic rings. The minimum Gasteiger partial charge on any atom is -0.492 e. The van der Waals surface area contributed by atoms with E-state index < -0.39 is 0 Å². The number of benzene rings is 3. The summed E-state index contributed by atoms with van der Waals surface area (Å²) in [6.07, 6.45) is 4.65. The van der Waals surface area contributed by atoms with E-state index in [-0.39, 0.29) is 12.3 Å². The van der Waals surface area contributed by atoms with Crippen molar-refractivity contribution in [3.63, 3.8) is 0 Å². The largest absolute Gasteiger partial charge is 0.492 e. The van der Waals surface area contributed by atoms with Crippen molar-refractivity contribution in [1.29, 1.82) is 0 Å². The Morgan fingerprint density at radius 3 is 2.39 bits per heavy atom. The molecule has 31 heavy (non-hydrogen) atoms. The van der Waals surface area contributed by atoms with Gasteiger partial charge in [-0.2, -0.15) is 5.10 Å². The van der Waals surface area contributed by atoms with Gasteiger partial charge in [0, 0.05) is 17.0 Å². The number of amides is 1. The molecule has 1 N–H and O–H groups in total. The summed E-state index contributed by atoms with van der Waals surface area (Å²) in [5.41, 5.74) is 5.27. The summed E-state index contributed by atoms with van der Waals surface area (Å²) in [5, 5.41) is 5.31. The van der Waals surface area contributed by atoms with E-state index in [4.69, 9.17) is 27.9 Å². The van der Waals surface area contributed by atoms with Gasteiger partial charge in [0.25, 0.3) is 0 Å². The van der Waals surface area contributed by atoms with E-state index in [0.717, 1.165) is 11.1 Å². The molecule has 158 valence electrons. The minimum atomic E-state index is -0.188. The molecule has 3 aromatic carbocycles. The number of allylic oxidation sites excluding steroid dienone is 1. The van der Waals surface area contributed by atoms with E-state index in [0.29, 0.717) is 34.5 Å². The van der Waals surface area contributed by atoms with Crippen molar-refractivity contribution in [2.24, 2.45) is 5.10 Å². The molecule has 0 atom stereocenters. The molecule has 0 saturated heterocycles. The van der Waals surface area contributed by atoms with Crippen LogP contribution in [0.15, 0.2) is 90.0 Å². The number of carbonyl (C=O) groups is 1. The molecule has 1 amide bonds. The minimum absolute atomic E-state index is 0.188. The summed E-state index contributed by atoms with van der Waals surface area (Å²) in [5.74, 6) is 0.356. The lowest BCUT2D eigenvalue weighted by Crippen LogP contribution is -2.20. The highest BCUT2D eigenvalue weighted by atomic mass is 35.5. The van der Waals surface area contributed by atoms with Gasteiger partial charge in [0.2, 0.25) is 5.91 Å². The Morgan fingerprint density at radius 1 is 0.968 bits per heavy atom. The molecule has 4 nitrogen and oxygen atoms in total. The number of carbonyl (C=O) groups excluding carboxylic acids is 1. The smallest absolute Gasteiger partial charge is 0.240 e. The Hall–Kier alpha value is -3.08. The van der Waals surface area contributed by atoms with Gasteiger partial charge in [0.05, 0.1) is 17.3 Å². The molecule has 0 spiro atoms. The predicted octanol–water partition coefficient (Wildman–Crippen LogP) is 6.39. The van der Waals surface area contributed by atoms with Gasteiger partial charge in [-0.25, -0.2) is 5.43 Å². The molecule has 0 aliphatic carbocycles. The highest BCUT2D eigenvalue weighted by molar-refractivity contribution is 6.35. The number of hydrogen-bond acceptors (Lipinski definition) is 3. The molecule has 0 unspecified atom stereocenters. The van der Waals surface area contributed by atoms with Crippen LogP contribution in [0.5, 0.6) is 5.75 Å². The van der Waals surface area contributed by atoms with Crippen LogP contribution in [0.4, 0.5) is 0 Å². The fourth-order valence-electron chi connectivity index (χ4n) is 2.73. The van der Waals surface area contributed by atoms with Crippen LogP contribution in [-0.4, -0.2) is 18.2 Å². The van der Waals surface area contributed by atoms with Crippen LogP contribution in [-0.2, 0) is 4.79 Å². The number of nitrogens with zero attached hydrogens (tertiary/aromatic N) is 1. The van der Waals surface area contributed by atoms with Gasteiger partial charge in [-0.3, -0.25) is 4.79 Å². The van der Waals surface area contributed by atoms with Crippen LogP contribution < -0.4 is 10.2 Å². The third kappa shape index (κ3) is 7.59. The normalized spacial score (nSPS) is 11.5. The Balaban J connectivity index is 1.55. The van der Waals surface area contributed by atoms with E-state index in [2.05, 4.69) is 10.5 Å². The van der Waals surface area contributed by atoms with Crippen LogP contribution in [0.3, 0.4) is 0 Å². The van der Waals surface area contributed by atoms with Crippen molar-refractivity contribution < 1.29 is 9.53 Å². The standard InChI is InChI=1S/C25H22Cl2N2O2/c26-21-14-16-24(22(27)18-21)31-17-7-12-25(30)29-28-23(20-10-5-2-6-11-20)15-13-19-8-3-1-4-9-19/h1-6,8-11,13-16,18H,7,12,17H2,(H,29,30). The van der Waals surface area contributed by atoms with E-state index in [1.54, 1.807) is 18.2 Å². The number of hydrogen-bond donors (Lipinski definition) is 1. The summed E-state index contributed by atoms with van der Waals surface area (Å²) in [6.45, 7) is 0.359. The van der Waals surface area contributed by atoms with Gasteiger partial charge in [-0.15, -0.1) is 0 Å². The zero-order valence-electron chi connectivity index (χ0n) is 16.8. The van der Waals surface area contributed by atoms with Crippen LogP contribution in [0.2, 0.25) is 10.0 Å². The quantitative estimate of drug-likeness (QED) is 0.232. The third-order valence-electron chi connectivity index (χ3n) is 4.30. The molecule has 0 heterocycles. The van der Waals surface area contributed by atoms with Crippen molar-refractivity contribution in [3.05, 3.63) is 106 Å². The summed E-state index contributed by atoms with van der Waals surface area (Å²) < 4.78 is 5.61. The second kappa shape index (κ2) is 11.9. The number of ether oxygens (including phenoxy) is 1. The first kappa shape index (κ1) is 22.6. The zero-order chi connectivity index (χ0) is 21.9. The van der Waals surface area contributed by atoms with Crippen molar-refractivity contribution in [2.45, 2.75) is 12.8 Å². The summed E-state index contributed by atoms with van der Waals surface area (Å²) in [7, 11) is 0. The molecule has 0 fully saturated rings. The maximum absolute atomic E-state index is 12.2. The summed E-state index contributed by atoms with van der Waals surface area (Å²) >= 11 is 11.9. The molecule has 6 heteroatoms. The molecule has 0 bridgehead atoms. The Kier molecular flexibility index (Phi) is 8.71. The molecular formula is C25H22Cl2N2O2.